The normalized spacial score (nSPS) is 26.9. The summed E-state index contributed by atoms with van der Waals surface area (Å²) in [7, 11) is 0. The summed E-state index contributed by atoms with van der Waals surface area (Å²) in [6, 6.07) is 8.65. The maximum Gasteiger partial charge on any atom is 0.0638 e. The summed E-state index contributed by atoms with van der Waals surface area (Å²) in [6.45, 7) is 5.13. The van der Waals surface area contributed by atoms with Gasteiger partial charge in [-0.05, 0) is 30.9 Å². The molecule has 0 amide bonds. The van der Waals surface area contributed by atoms with Crippen molar-refractivity contribution in [2.45, 2.75) is 38.2 Å². The molecule has 1 fully saturated rings. The second-order valence-electron chi connectivity index (χ2n) is 4.53. The summed E-state index contributed by atoms with van der Waals surface area (Å²) >= 11 is 6.52. The number of hydrogen-bond donors (Lipinski definition) is 0. The highest BCUT2D eigenvalue weighted by molar-refractivity contribution is 6.21. The van der Waals surface area contributed by atoms with Crippen molar-refractivity contribution in [3.8, 4) is 0 Å². The van der Waals surface area contributed by atoms with Gasteiger partial charge in [0.05, 0.1) is 11.5 Å². The zero-order valence-electron chi connectivity index (χ0n) is 9.95. The van der Waals surface area contributed by atoms with Gasteiger partial charge in [-0.3, -0.25) is 0 Å². The molecule has 0 radical (unpaired) electrons. The summed E-state index contributed by atoms with van der Waals surface area (Å²) in [4.78, 5) is 0. The summed E-state index contributed by atoms with van der Waals surface area (Å²) in [5.74, 6) is 0.453. The van der Waals surface area contributed by atoms with E-state index in [0.29, 0.717) is 5.92 Å². The number of halogens is 1. The van der Waals surface area contributed by atoms with Crippen LogP contribution in [0.25, 0.3) is 0 Å². The average molecular weight is 239 g/mol. The maximum absolute atomic E-state index is 6.52. The Morgan fingerprint density at radius 3 is 2.56 bits per heavy atom. The van der Waals surface area contributed by atoms with Crippen LogP contribution >= 0.6 is 11.6 Å². The standard InChI is InChI=1S/C14H19ClO/c1-3-11-4-6-12(7-5-11)14(15)13-8-9-16-10(13)2/h4-7,10,13-14H,3,8-9H2,1-2H3. The minimum Gasteiger partial charge on any atom is -0.378 e. The lowest BCUT2D eigenvalue weighted by Gasteiger charge is -2.20. The van der Waals surface area contributed by atoms with Crippen molar-refractivity contribution in [2.24, 2.45) is 5.92 Å². The Bertz CT molecular complexity index is 333. The molecule has 1 aliphatic heterocycles. The Kier molecular flexibility index (Phi) is 3.88. The lowest BCUT2D eigenvalue weighted by molar-refractivity contribution is 0.105. The van der Waals surface area contributed by atoms with Crippen molar-refractivity contribution in [1.82, 2.24) is 0 Å². The van der Waals surface area contributed by atoms with E-state index in [9.17, 15) is 0 Å². The molecule has 0 saturated carbocycles. The topological polar surface area (TPSA) is 9.23 Å². The third kappa shape index (κ3) is 2.41. The minimum atomic E-state index is 0.0865. The van der Waals surface area contributed by atoms with E-state index in [1.54, 1.807) is 0 Å². The summed E-state index contributed by atoms with van der Waals surface area (Å²) < 4.78 is 5.57. The molecular weight excluding hydrogens is 220 g/mol. The third-order valence-corrected chi connectivity index (χ3v) is 4.09. The third-order valence-electron chi connectivity index (χ3n) is 3.52. The average Bonchev–Trinajstić information content (AvgIpc) is 2.75. The van der Waals surface area contributed by atoms with E-state index >= 15 is 0 Å². The van der Waals surface area contributed by atoms with Gasteiger partial charge < -0.3 is 4.74 Å². The van der Waals surface area contributed by atoms with Gasteiger partial charge in [0.25, 0.3) is 0 Å². The highest BCUT2D eigenvalue weighted by Crippen LogP contribution is 2.37. The molecule has 2 heteroatoms. The quantitative estimate of drug-likeness (QED) is 0.725. The van der Waals surface area contributed by atoms with Crippen LogP contribution in [0.2, 0.25) is 0 Å². The van der Waals surface area contributed by atoms with Crippen molar-refractivity contribution in [2.75, 3.05) is 6.61 Å². The zero-order chi connectivity index (χ0) is 11.5. The number of ether oxygens (including phenoxy) is 1. The van der Waals surface area contributed by atoms with Gasteiger partial charge in [0.15, 0.2) is 0 Å². The van der Waals surface area contributed by atoms with E-state index in [-0.39, 0.29) is 11.5 Å². The summed E-state index contributed by atoms with van der Waals surface area (Å²) in [6.07, 6.45) is 2.44. The van der Waals surface area contributed by atoms with Gasteiger partial charge in [0.2, 0.25) is 0 Å². The SMILES string of the molecule is CCc1ccc(C(Cl)C2CCOC2C)cc1. The molecule has 0 bridgehead atoms. The van der Waals surface area contributed by atoms with Gasteiger partial charge in [0, 0.05) is 12.5 Å². The number of benzene rings is 1. The molecule has 1 saturated heterocycles. The lowest BCUT2D eigenvalue weighted by atomic mass is 9.93. The molecule has 0 aliphatic carbocycles. The maximum atomic E-state index is 6.52. The first-order valence-corrected chi connectivity index (χ1v) is 6.50. The van der Waals surface area contributed by atoms with Crippen molar-refractivity contribution < 1.29 is 4.74 Å². The molecule has 16 heavy (non-hydrogen) atoms. The molecule has 1 nitrogen and oxygen atoms in total. The van der Waals surface area contributed by atoms with E-state index < -0.39 is 0 Å². The highest BCUT2D eigenvalue weighted by Gasteiger charge is 2.31. The van der Waals surface area contributed by atoms with Crippen molar-refractivity contribution in [3.05, 3.63) is 35.4 Å². The summed E-state index contributed by atoms with van der Waals surface area (Å²) in [5.41, 5.74) is 2.59. The molecule has 1 aliphatic rings. The Labute approximate surface area is 103 Å². The smallest absolute Gasteiger partial charge is 0.0638 e. The number of hydrogen-bond acceptors (Lipinski definition) is 1. The zero-order valence-corrected chi connectivity index (χ0v) is 10.7. The van der Waals surface area contributed by atoms with E-state index in [0.717, 1.165) is 19.4 Å². The fourth-order valence-electron chi connectivity index (χ4n) is 2.32. The van der Waals surface area contributed by atoms with Gasteiger partial charge in [-0.25, -0.2) is 0 Å². The van der Waals surface area contributed by atoms with Crippen LogP contribution in [0.3, 0.4) is 0 Å². The molecule has 0 aromatic heterocycles. The van der Waals surface area contributed by atoms with Crippen molar-refractivity contribution in [3.63, 3.8) is 0 Å². The van der Waals surface area contributed by atoms with Crippen LogP contribution in [0.1, 0.15) is 36.8 Å². The fraction of sp³-hybridized carbons (Fsp3) is 0.571. The van der Waals surface area contributed by atoms with Crippen molar-refractivity contribution >= 4 is 11.6 Å². The lowest BCUT2D eigenvalue weighted by Crippen LogP contribution is -2.16. The fourth-order valence-corrected chi connectivity index (χ4v) is 2.79. The second kappa shape index (κ2) is 5.20. The van der Waals surface area contributed by atoms with Crippen LogP contribution in [-0.2, 0) is 11.2 Å². The van der Waals surface area contributed by atoms with Gasteiger partial charge in [0.1, 0.15) is 0 Å². The highest BCUT2D eigenvalue weighted by atomic mass is 35.5. The first-order valence-electron chi connectivity index (χ1n) is 6.07. The molecule has 3 unspecified atom stereocenters. The van der Waals surface area contributed by atoms with Gasteiger partial charge >= 0.3 is 0 Å². The summed E-state index contributed by atoms with van der Waals surface area (Å²) in [5, 5.41) is 0.0865. The van der Waals surface area contributed by atoms with Crippen LogP contribution < -0.4 is 0 Å². The molecule has 88 valence electrons. The number of aryl methyl sites for hydroxylation is 1. The van der Waals surface area contributed by atoms with Crippen LogP contribution in [0.15, 0.2) is 24.3 Å². The van der Waals surface area contributed by atoms with Gasteiger partial charge in [-0.15, -0.1) is 11.6 Å². The first kappa shape index (κ1) is 11.9. The predicted octanol–water partition coefficient (Wildman–Crippen LogP) is 3.95. The molecule has 1 heterocycles. The predicted molar refractivity (Wildman–Crippen MR) is 67.9 cm³/mol. The molecule has 3 atom stereocenters. The van der Waals surface area contributed by atoms with E-state index in [4.69, 9.17) is 16.3 Å². The van der Waals surface area contributed by atoms with E-state index in [2.05, 4.69) is 38.1 Å². The molecule has 1 aromatic rings. The molecule has 0 N–H and O–H groups in total. The van der Waals surface area contributed by atoms with Gasteiger partial charge in [-0.1, -0.05) is 31.2 Å². The van der Waals surface area contributed by atoms with Crippen LogP contribution in [0.5, 0.6) is 0 Å². The minimum absolute atomic E-state index is 0.0865. The molecule has 0 spiro atoms. The Balaban J connectivity index is 2.10. The largest absolute Gasteiger partial charge is 0.378 e. The Morgan fingerprint density at radius 1 is 1.38 bits per heavy atom. The molecular formula is C14H19ClO. The van der Waals surface area contributed by atoms with Crippen LogP contribution in [0, 0.1) is 5.92 Å². The molecule has 1 aromatic carbocycles. The van der Waals surface area contributed by atoms with Gasteiger partial charge in [-0.2, -0.15) is 0 Å². The van der Waals surface area contributed by atoms with Crippen molar-refractivity contribution in [1.29, 1.82) is 0 Å². The number of rotatable bonds is 3. The van der Waals surface area contributed by atoms with Crippen LogP contribution in [-0.4, -0.2) is 12.7 Å². The molecule has 2 rings (SSSR count). The second-order valence-corrected chi connectivity index (χ2v) is 5.00. The Morgan fingerprint density at radius 2 is 2.06 bits per heavy atom. The van der Waals surface area contributed by atoms with E-state index in [1.165, 1.54) is 11.1 Å². The number of alkyl halides is 1. The van der Waals surface area contributed by atoms with E-state index in [1.807, 2.05) is 0 Å². The van der Waals surface area contributed by atoms with Crippen LogP contribution in [0.4, 0.5) is 0 Å². The first-order chi connectivity index (χ1) is 7.72. The monoisotopic (exact) mass is 238 g/mol. The Hall–Kier alpha value is -0.530.